The van der Waals surface area contributed by atoms with Crippen molar-refractivity contribution in [3.8, 4) is 5.95 Å². The largest absolute Gasteiger partial charge is 0.324 e. The fourth-order valence-corrected chi connectivity index (χ4v) is 3.29. The van der Waals surface area contributed by atoms with E-state index in [1.165, 1.54) is 0 Å². The second kappa shape index (κ2) is 8.38. The highest BCUT2D eigenvalue weighted by Gasteiger charge is 2.12. The van der Waals surface area contributed by atoms with Crippen molar-refractivity contribution in [2.75, 3.05) is 10.7 Å². The van der Waals surface area contributed by atoms with E-state index < -0.39 is 0 Å². The third-order valence-corrected chi connectivity index (χ3v) is 4.88. The van der Waals surface area contributed by atoms with Gasteiger partial charge in [0.1, 0.15) is 0 Å². The molecule has 0 aliphatic heterocycles. The Labute approximate surface area is 176 Å². The van der Waals surface area contributed by atoms with Crippen molar-refractivity contribution < 1.29 is 0 Å². The molecular formula is C19H17ClN8S. The molecule has 4 aromatic rings. The van der Waals surface area contributed by atoms with Crippen molar-refractivity contribution in [2.45, 2.75) is 13.8 Å². The number of hydrazone groups is 1. The van der Waals surface area contributed by atoms with Gasteiger partial charge in [-0.2, -0.15) is 25.2 Å². The van der Waals surface area contributed by atoms with Gasteiger partial charge < -0.3 is 5.32 Å². The number of halogens is 1. The average molecular weight is 425 g/mol. The van der Waals surface area contributed by atoms with Crippen LogP contribution < -0.4 is 10.7 Å². The molecule has 0 unspecified atom stereocenters. The molecule has 0 bridgehead atoms. The van der Waals surface area contributed by atoms with Crippen LogP contribution in [0.3, 0.4) is 0 Å². The molecule has 8 nitrogen and oxygen atoms in total. The highest BCUT2D eigenvalue weighted by atomic mass is 35.5. The van der Waals surface area contributed by atoms with Crippen molar-refractivity contribution in [1.82, 2.24) is 24.7 Å². The zero-order chi connectivity index (χ0) is 20.2. The number of thiophene rings is 1. The van der Waals surface area contributed by atoms with E-state index in [1.54, 1.807) is 34.4 Å². The van der Waals surface area contributed by atoms with Crippen molar-refractivity contribution in [3.63, 3.8) is 0 Å². The van der Waals surface area contributed by atoms with Crippen molar-refractivity contribution >= 4 is 46.7 Å². The van der Waals surface area contributed by atoms with Crippen LogP contribution in [0.4, 0.5) is 17.6 Å². The Balaban J connectivity index is 1.66. The van der Waals surface area contributed by atoms with E-state index in [-0.39, 0.29) is 0 Å². The van der Waals surface area contributed by atoms with E-state index >= 15 is 0 Å². The van der Waals surface area contributed by atoms with Crippen molar-refractivity contribution in [3.05, 3.63) is 69.1 Å². The minimum atomic E-state index is 0.298. The number of aryl methyl sites for hydroxylation is 2. The molecule has 0 saturated heterocycles. The topological polar surface area (TPSA) is 92.9 Å². The van der Waals surface area contributed by atoms with Gasteiger partial charge in [-0.3, -0.25) is 0 Å². The van der Waals surface area contributed by atoms with Crippen molar-refractivity contribution in [2.24, 2.45) is 5.10 Å². The summed E-state index contributed by atoms with van der Waals surface area (Å²) < 4.78 is 1.66. The first-order valence-corrected chi connectivity index (χ1v) is 9.97. The van der Waals surface area contributed by atoms with Crippen LogP contribution in [-0.2, 0) is 0 Å². The van der Waals surface area contributed by atoms with Crippen LogP contribution in [0, 0.1) is 13.8 Å². The molecule has 0 spiro atoms. The SMILES string of the molecule is Cc1cc(C)n(-c2nc(N/N=C/c3cccs3)nc(Nc3ccc(Cl)cc3)n2)n1. The lowest BCUT2D eigenvalue weighted by atomic mass is 10.3. The van der Waals surface area contributed by atoms with Crippen LogP contribution in [0.15, 0.2) is 52.9 Å². The van der Waals surface area contributed by atoms with Gasteiger partial charge in [0.2, 0.25) is 11.9 Å². The first-order chi connectivity index (χ1) is 14.1. The summed E-state index contributed by atoms with van der Waals surface area (Å²) in [5, 5.41) is 14.5. The predicted octanol–water partition coefficient (Wildman–Crippen LogP) is 4.58. The molecule has 3 aromatic heterocycles. The summed E-state index contributed by atoms with van der Waals surface area (Å²) in [6.07, 6.45) is 1.71. The molecule has 3 heterocycles. The molecule has 29 heavy (non-hydrogen) atoms. The molecule has 1 aromatic carbocycles. The van der Waals surface area contributed by atoms with E-state index in [0.29, 0.717) is 22.9 Å². The quantitative estimate of drug-likeness (QED) is 0.347. The summed E-state index contributed by atoms with van der Waals surface area (Å²) in [4.78, 5) is 14.4. The Kier molecular flexibility index (Phi) is 5.50. The molecule has 0 atom stereocenters. The summed E-state index contributed by atoms with van der Waals surface area (Å²) in [5.74, 6) is 1.04. The Morgan fingerprint density at radius 1 is 1.07 bits per heavy atom. The number of benzene rings is 1. The monoisotopic (exact) mass is 424 g/mol. The average Bonchev–Trinajstić information content (AvgIpc) is 3.33. The van der Waals surface area contributed by atoms with Gasteiger partial charge in [-0.25, -0.2) is 10.1 Å². The van der Waals surface area contributed by atoms with Crippen molar-refractivity contribution in [1.29, 1.82) is 0 Å². The Morgan fingerprint density at radius 3 is 2.55 bits per heavy atom. The molecule has 2 N–H and O–H groups in total. The number of nitrogens with zero attached hydrogens (tertiary/aromatic N) is 6. The summed E-state index contributed by atoms with van der Waals surface area (Å²) in [6.45, 7) is 3.86. The third-order valence-electron chi connectivity index (χ3n) is 3.82. The van der Waals surface area contributed by atoms with Crippen LogP contribution in [0.25, 0.3) is 5.95 Å². The lowest BCUT2D eigenvalue weighted by molar-refractivity contribution is 0.767. The maximum Gasteiger partial charge on any atom is 0.257 e. The van der Waals surface area contributed by atoms with Crippen LogP contribution in [0.2, 0.25) is 5.02 Å². The third kappa shape index (κ3) is 4.76. The van der Waals surface area contributed by atoms with E-state index in [0.717, 1.165) is 22.0 Å². The highest BCUT2D eigenvalue weighted by Crippen LogP contribution is 2.19. The molecule has 0 aliphatic rings. The molecule has 146 valence electrons. The summed E-state index contributed by atoms with van der Waals surface area (Å²) >= 11 is 7.55. The first kappa shape index (κ1) is 19.0. The molecule has 4 rings (SSSR count). The van der Waals surface area contributed by atoms with Gasteiger partial charge in [-0.05, 0) is 55.6 Å². The molecule has 0 amide bonds. The van der Waals surface area contributed by atoms with Crippen LogP contribution >= 0.6 is 22.9 Å². The van der Waals surface area contributed by atoms with Gasteiger partial charge in [-0.1, -0.05) is 17.7 Å². The number of hydrogen-bond donors (Lipinski definition) is 2. The maximum atomic E-state index is 5.96. The van der Waals surface area contributed by atoms with E-state index in [4.69, 9.17) is 11.6 Å². The number of aromatic nitrogens is 5. The first-order valence-electron chi connectivity index (χ1n) is 8.72. The summed E-state index contributed by atoms with van der Waals surface area (Å²) in [5.41, 5.74) is 5.46. The van der Waals surface area contributed by atoms with Crippen LogP contribution in [0.5, 0.6) is 0 Å². The Hall–Kier alpha value is -3.30. The van der Waals surface area contributed by atoms with E-state index in [1.807, 2.05) is 49.6 Å². The second-order valence-corrected chi connectivity index (χ2v) is 7.55. The summed E-state index contributed by atoms with van der Waals surface area (Å²) in [6, 6.07) is 13.2. The van der Waals surface area contributed by atoms with Gasteiger partial charge in [0.15, 0.2) is 0 Å². The van der Waals surface area contributed by atoms with E-state index in [9.17, 15) is 0 Å². The second-order valence-electron chi connectivity index (χ2n) is 6.14. The zero-order valence-electron chi connectivity index (χ0n) is 15.7. The molecule has 0 saturated carbocycles. The van der Waals surface area contributed by atoms with Gasteiger partial charge in [0.05, 0.1) is 11.9 Å². The Morgan fingerprint density at radius 2 is 1.86 bits per heavy atom. The highest BCUT2D eigenvalue weighted by molar-refractivity contribution is 7.11. The Bertz CT molecular complexity index is 1140. The van der Waals surface area contributed by atoms with E-state index in [2.05, 4.69) is 35.9 Å². The van der Waals surface area contributed by atoms with Gasteiger partial charge in [0, 0.05) is 21.3 Å². The lowest BCUT2D eigenvalue weighted by Crippen LogP contribution is -2.11. The van der Waals surface area contributed by atoms with Gasteiger partial charge in [0.25, 0.3) is 5.95 Å². The number of nitrogens with one attached hydrogen (secondary N) is 2. The molecule has 0 fully saturated rings. The van der Waals surface area contributed by atoms with Gasteiger partial charge >= 0.3 is 0 Å². The lowest BCUT2D eigenvalue weighted by Gasteiger charge is -2.09. The maximum absolute atomic E-state index is 5.96. The predicted molar refractivity (Wildman–Crippen MR) is 117 cm³/mol. The fraction of sp³-hybridized carbons (Fsp3) is 0.105. The number of rotatable bonds is 6. The molecule has 10 heteroatoms. The molecule has 0 aliphatic carbocycles. The van der Waals surface area contributed by atoms with Crippen LogP contribution in [-0.4, -0.2) is 30.9 Å². The smallest absolute Gasteiger partial charge is 0.257 e. The zero-order valence-corrected chi connectivity index (χ0v) is 17.2. The standard InChI is InChI=1S/C19H17ClN8S/c1-12-10-13(2)28(27-12)19-24-17(22-15-7-5-14(20)6-8-15)23-18(25-19)26-21-11-16-4-3-9-29-16/h3-11H,1-2H3,(H2,22,23,24,25,26)/b21-11+. The summed E-state index contributed by atoms with van der Waals surface area (Å²) in [7, 11) is 0. The fourth-order valence-electron chi connectivity index (χ4n) is 2.58. The van der Waals surface area contributed by atoms with Crippen LogP contribution in [0.1, 0.15) is 16.3 Å². The molecular weight excluding hydrogens is 408 g/mol. The molecule has 0 radical (unpaired) electrons. The van der Waals surface area contributed by atoms with Gasteiger partial charge in [-0.15, -0.1) is 11.3 Å². The number of anilines is 3. The normalized spacial score (nSPS) is 11.1. The number of hydrogen-bond acceptors (Lipinski definition) is 8. The minimum absolute atomic E-state index is 0.298. The minimum Gasteiger partial charge on any atom is -0.324 e.